The van der Waals surface area contributed by atoms with Gasteiger partial charge in [-0.3, -0.25) is 9.36 Å². The number of aliphatic carboxylic acids is 1. The molecule has 1 unspecified atom stereocenters. The van der Waals surface area contributed by atoms with Gasteiger partial charge in [-0.05, 0) is 36.2 Å². The zero-order valence-electron chi connectivity index (χ0n) is 16.1. The normalized spacial score (nSPS) is 13.1. The average Bonchev–Trinajstić information content (AvgIpc) is 3.11. The highest BCUT2D eigenvalue weighted by Crippen LogP contribution is 2.27. The number of nitrogens with one attached hydrogen (secondary N) is 1. The Hall–Kier alpha value is -2.85. The number of sulfonamides is 1. The number of halogens is 2. The van der Waals surface area contributed by atoms with E-state index in [1.54, 1.807) is 43.3 Å². The molecule has 1 aromatic heterocycles. The lowest BCUT2D eigenvalue weighted by Crippen LogP contribution is -2.28. The first-order valence-electron chi connectivity index (χ1n) is 9.24. The van der Waals surface area contributed by atoms with Crippen molar-refractivity contribution in [1.29, 1.82) is 0 Å². The van der Waals surface area contributed by atoms with Crippen molar-refractivity contribution >= 4 is 27.0 Å². The van der Waals surface area contributed by atoms with Gasteiger partial charge in [0.25, 0.3) is 0 Å². The van der Waals surface area contributed by atoms with E-state index in [0.29, 0.717) is 17.5 Å². The molecule has 1 heterocycles. The second-order valence-electron chi connectivity index (χ2n) is 6.90. The van der Waals surface area contributed by atoms with Crippen LogP contribution in [0.1, 0.15) is 37.2 Å². The predicted molar refractivity (Wildman–Crippen MR) is 107 cm³/mol. The molecule has 0 amide bonds. The number of nitrogens with zero attached hydrogens (tertiary/aromatic N) is 2. The summed E-state index contributed by atoms with van der Waals surface area (Å²) in [5.41, 5.74) is 1.41. The molecule has 0 spiro atoms. The molecule has 0 aliphatic rings. The van der Waals surface area contributed by atoms with Crippen molar-refractivity contribution in [3.63, 3.8) is 0 Å². The number of carboxylic acids is 1. The highest BCUT2D eigenvalue weighted by Gasteiger charge is 2.23. The first-order valence-corrected chi connectivity index (χ1v) is 10.7. The van der Waals surface area contributed by atoms with Crippen LogP contribution in [0, 0.1) is 0 Å². The van der Waals surface area contributed by atoms with Gasteiger partial charge >= 0.3 is 12.5 Å². The summed E-state index contributed by atoms with van der Waals surface area (Å²) in [7, 11) is -3.87. The fraction of sp³-hybridized carbons (Fsp3) is 0.300. The number of carboxylic acid groups (broad SMARTS) is 1. The minimum atomic E-state index is -3.87. The average molecular weight is 437 g/mol. The van der Waals surface area contributed by atoms with E-state index in [4.69, 9.17) is 5.11 Å². The Balaban J connectivity index is 1.74. The Morgan fingerprint density at radius 2 is 1.83 bits per heavy atom. The quantitative estimate of drug-likeness (QED) is 0.533. The largest absolute Gasteiger partial charge is 0.481 e. The fourth-order valence-electron chi connectivity index (χ4n) is 3.11. The zero-order valence-corrected chi connectivity index (χ0v) is 16.9. The van der Waals surface area contributed by atoms with Crippen LogP contribution in [0.4, 0.5) is 8.78 Å². The second-order valence-corrected chi connectivity index (χ2v) is 8.66. The number of carbonyl (C=O) groups is 1. The first kappa shape index (κ1) is 21.8. The third-order valence-corrected chi connectivity index (χ3v) is 6.14. The van der Waals surface area contributed by atoms with Crippen LogP contribution in [0.2, 0.25) is 0 Å². The molecule has 0 aliphatic heterocycles. The van der Waals surface area contributed by atoms with Crippen molar-refractivity contribution in [2.24, 2.45) is 0 Å². The Kier molecular flexibility index (Phi) is 6.47. The number of aromatic nitrogens is 2. The number of aryl methyl sites for hydroxylation is 1. The van der Waals surface area contributed by atoms with E-state index in [-0.39, 0.29) is 29.2 Å². The van der Waals surface area contributed by atoms with Crippen molar-refractivity contribution in [2.45, 2.75) is 37.1 Å². The van der Waals surface area contributed by atoms with Crippen LogP contribution >= 0.6 is 0 Å². The monoisotopic (exact) mass is 437 g/mol. The molecule has 0 fully saturated rings. The number of imidazole rings is 1. The zero-order chi connectivity index (χ0) is 21.9. The third kappa shape index (κ3) is 4.82. The number of hydrogen-bond donors (Lipinski definition) is 2. The molecule has 1 atom stereocenters. The summed E-state index contributed by atoms with van der Waals surface area (Å²) in [6, 6.07) is 12.4. The highest BCUT2D eigenvalue weighted by molar-refractivity contribution is 7.89. The molecule has 3 aromatic rings. The van der Waals surface area contributed by atoms with Crippen LogP contribution < -0.4 is 4.72 Å². The molecule has 30 heavy (non-hydrogen) atoms. The molecule has 2 N–H and O–H groups in total. The fourth-order valence-corrected chi connectivity index (χ4v) is 4.24. The van der Waals surface area contributed by atoms with Gasteiger partial charge in [0, 0.05) is 18.9 Å². The molecule has 10 heteroatoms. The van der Waals surface area contributed by atoms with E-state index in [1.807, 2.05) is 0 Å². The van der Waals surface area contributed by atoms with Gasteiger partial charge in [-0.1, -0.05) is 31.2 Å². The van der Waals surface area contributed by atoms with Crippen LogP contribution in [0.25, 0.3) is 11.0 Å². The van der Waals surface area contributed by atoms with E-state index in [1.165, 1.54) is 12.1 Å². The van der Waals surface area contributed by atoms with E-state index < -0.39 is 28.5 Å². The summed E-state index contributed by atoms with van der Waals surface area (Å²) >= 11 is 0. The SMILES string of the molecule is CC(CNS(=O)(=O)c1ccc(CCC(=O)O)cc1)c1nc2ccccc2n1C(F)F. The summed E-state index contributed by atoms with van der Waals surface area (Å²) in [6.45, 7) is -1.29. The summed E-state index contributed by atoms with van der Waals surface area (Å²) in [6.07, 6.45) is 0.247. The highest BCUT2D eigenvalue weighted by atomic mass is 32.2. The van der Waals surface area contributed by atoms with Crippen LogP contribution in [-0.2, 0) is 21.2 Å². The van der Waals surface area contributed by atoms with Gasteiger partial charge in [-0.15, -0.1) is 0 Å². The number of alkyl halides is 2. The number of para-hydroxylation sites is 2. The minimum absolute atomic E-state index is 0.0103. The molecule has 0 saturated carbocycles. The molecule has 3 rings (SSSR count). The molecule has 2 aromatic carbocycles. The van der Waals surface area contributed by atoms with E-state index >= 15 is 0 Å². The first-order chi connectivity index (χ1) is 14.2. The molecule has 7 nitrogen and oxygen atoms in total. The van der Waals surface area contributed by atoms with Crippen LogP contribution in [0.15, 0.2) is 53.4 Å². The van der Waals surface area contributed by atoms with Crippen molar-refractivity contribution < 1.29 is 27.1 Å². The third-order valence-electron chi connectivity index (χ3n) is 4.70. The van der Waals surface area contributed by atoms with Gasteiger partial charge < -0.3 is 5.11 Å². The van der Waals surface area contributed by atoms with Crippen LogP contribution in [0.3, 0.4) is 0 Å². The standard InChI is InChI=1S/C20H21F2N3O4S/c1-13(19-24-16-4-2-3-5-17(16)25(19)20(21)22)12-23-30(28,29)15-9-6-14(7-10-15)8-11-18(26)27/h2-7,9-10,13,20,23H,8,11-12H2,1H3,(H,26,27). The molecule has 160 valence electrons. The number of fused-ring (bicyclic) bond motifs is 1. The van der Waals surface area contributed by atoms with Crippen molar-refractivity contribution in [3.05, 3.63) is 59.9 Å². The molecular weight excluding hydrogens is 416 g/mol. The maximum atomic E-state index is 13.6. The van der Waals surface area contributed by atoms with Crippen LogP contribution in [0.5, 0.6) is 0 Å². The van der Waals surface area contributed by atoms with Gasteiger partial charge in [0.15, 0.2) is 0 Å². The summed E-state index contributed by atoms with van der Waals surface area (Å²) < 4.78 is 55.5. The number of benzene rings is 2. The van der Waals surface area contributed by atoms with Crippen molar-refractivity contribution in [2.75, 3.05) is 6.54 Å². The maximum Gasteiger partial charge on any atom is 0.320 e. The van der Waals surface area contributed by atoms with E-state index in [9.17, 15) is 22.0 Å². The summed E-state index contributed by atoms with van der Waals surface area (Å²) in [5, 5.41) is 8.71. The molecule has 0 bridgehead atoms. The lowest BCUT2D eigenvalue weighted by atomic mass is 10.1. The van der Waals surface area contributed by atoms with Crippen LogP contribution in [-0.4, -0.2) is 35.6 Å². The molecule has 0 saturated heterocycles. The molecule has 0 radical (unpaired) electrons. The summed E-state index contributed by atoms with van der Waals surface area (Å²) in [4.78, 5) is 14.9. The predicted octanol–water partition coefficient (Wildman–Crippen LogP) is 3.53. The van der Waals surface area contributed by atoms with Gasteiger partial charge in [-0.2, -0.15) is 8.78 Å². The smallest absolute Gasteiger partial charge is 0.320 e. The Morgan fingerprint density at radius 3 is 2.47 bits per heavy atom. The molecule has 0 aliphatic carbocycles. The number of rotatable bonds is 9. The summed E-state index contributed by atoms with van der Waals surface area (Å²) in [5.74, 6) is -1.44. The Labute approximate surface area is 172 Å². The Morgan fingerprint density at radius 1 is 1.17 bits per heavy atom. The lowest BCUT2D eigenvalue weighted by Gasteiger charge is -2.15. The number of hydrogen-bond acceptors (Lipinski definition) is 4. The van der Waals surface area contributed by atoms with Gasteiger partial charge in [0.1, 0.15) is 5.82 Å². The van der Waals surface area contributed by atoms with Gasteiger partial charge in [0.05, 0.1) is 15.9 Å². The van der Waals surface area contributed by atoms with Gasteiger partial charge in [0.2, 0.25) is 10.0 Å². The van der Waals surface area contributed by atoms with Crippen molar-refractivity contribution in [1.82, 2.24) is 14.3 Å². The van der Waals surface area contributed by atoms with Crippen molar-refractivity contribution in [3.8, 4) is 0 Å². The molecular formula is C20H21F2N3O4S. The Bertz CT molecular complexity index is 1140. The topological polar surface area (TPSA) is 101 Å². The lowest BCUT2D eigenvalue weighted by molar-refractivity contribution is -0.136. The van der Waals surface area contributed by atoms with Gasteiger partial charge in [-0.25, -0.2) is 18.1 Å². The second kappa shape index (κ2) is 8.88. The minimum Gasteiger partial charge on any atom is -0.481 e. The van der Waals surface area contributed by atoms with E-state index in [2.05, 4.69) is 9.71 Å². The maximum absolute atomic E-state index is 13.6. The van der Waals surface area contributed by atoms with E-state index in [0.717, 1.165) is 4.57 Å².